The molecular weight excluding hydrogens is 316 g/mol. The van der Waals surface area contributed by atoms with Gasteiger partial charge in [0.2, 0.25) is 0 Å². The summed E-state index contributed by atoms with van der Waals surface area (Å²) in [6.45, 7) is 3.91. The quantitative estimate of drug-likeness (QED) is 0.872. The van der Waals surface area contributed by atoms with E-state index in [4.69, 9.17) is 4.74 Å². The molecule has 0 aromatic heterocycles. The number of anilines is 1. The molecule has 0 saturated carbocycles. The van der Waals surface area contributed by atoms with Crippen LogP contribution < -0.4 is 15.0 Å². The molecule has 0 radical (unpaired) electrons. The van der Waals surface area contributed by atoms with Crippen LogP contribution in [0.3, 0.4) is 0 Å². The Morgan fingerprint density at radius 3 is 2.83 bits per heavy atom. The first-order valence-corrected chi connectivity index (χ1v) is 9.80. The van der Waals surface area contributed by atoms with E-state index in [0.29, 0.717) is 5.25 Å². The van der Waals surface area contributed by atoms with Crippen LogP contribution in [-0.2, 0) is 12.8 Å². The summed E-state index contributed by atoms with van der Waals surface area (Å²) >= 11 is 2.02. The summed E-state index contributed by atoms with van der Waals surface area (Å²) in [5, 5.41) is 4.11. The summed E-state index contributed by atoms with van der Waals surface area (Å²) in [7, 11) is 0. The van der Waals surface area contributed by atoms with Crippen molar-refractivity contribution < 1.29 is 4.74 Å². The molecule has 126 valence electrons. The molecular formula is C20H24N2OS. The Balaban J connectivity index is 1.26. The number of hydrogen-bond donors (Lipinski definition) is 1. The highest BCUT2D eigenvalue weighted by atomic mass is 32.2. The Bertz CT molecular complexity index is 668. The summed E-state index contributed by atoms with van der Waals surface area (Å²) in [6.07, 6.45) is 2.29. The van der Waals surface area contributed by atoms with E-state index in [0.717, 1.165) is 50.7 Å². The van der Waals surface area contributed by atoms with Gasteiger partial charge in [0, 0.05) is 29.9 Å². The fourth-order valence-electron chi connectivity index (χ4n) is 3.48. The number of benzene rings is 2. The van der Waals surface area contributed by atoms with Gasteiger partial charge in [0.05, 0.1) is 6.54 Å². The number of nitrogens with zero attached hydrogens (tertiary/aromatic N) is 1. The number of fused-ring (bicyclic) bond motifs is 1. The van der Waals surface area contributed by atoms with Crippen molar-refractivity contribution in [3.63, 3.8) is 0 Å². The second kappa shape index (κ2) is 7.49. The first-order chi connectivity index (χ1) is 11.9. The van der Waals surface area contributed by atoms with Crippen molar-refractivity contribution in [2.75, 3.05) is 37.0 Å². The van der Waals surface area contributed by atoms with E-state index in [-0.39, 0.29) is 0 Å². The number of ether oxygens (including phenoxy) is 1. The lowest BCUT2D eigenvalue weighted by Crippen LogP contribution is -2.26. The zero-order chi connectivity index (χ0) is 16.2. The standard InChI is InChI=1S/C20H24N2OS/c1-2-4-20-17(3-1)9-10-22(20)11-12-23-18-7-5-16(6-8-18)13-19-14-21-15-24-19/h1-8,19,21H,9-15H2. The molecule has 1 unspecified atom stereocenters. The van der Waals surface area contributed by atoms with Gasteiger partial charge in [-0.3, -0.25) is 0 Å². The van der Waals surface area contributed by atoms with Crippen LogP contribution in [0, 0.1) is 0 Å². The number of thioether (sulfide) groups is 1. The van der Waals surface area contributed by atoms with Gasteiger partial charge < -0.3 is 15.0 Å². The molecule has 0 bridgehead atoms. The molecule has 2 aromatic rings. The molecule has 4 heteroatoms. The Kier molecular flexibility index (Phi) is 4.95. The molecule has 2 aromatic carbocycles. The molecule has 4 rings (SSSR count). The Hall–Kier alpha value is -1.65. The molecule has 1 atom stereocenters. The Labute approximate surface area is 148 Å². The van der Waals surface area contributed by atoms with Crippen LogP contribution in [0.4, 0.5) is 5.69 Å². The third kappa shape index (κ3) is 3.70. The second-order valence-corrected chi connectivity index (χ2v) is 7.74. The predicted molar refractivity (Wildman–Crippen MR) is 102 cm³/mol. The molecule has 0 aliphatic carbocycles. The number of rotatable bonds is 6. The summed E-state index contributed by atoms with van der Waals surface area (Å²) in [5.41, 5.74) is 4.23. The summed E-state index contributed by atoms with van der Waals surface area (Å²) in [4.78, 5) is 2.42. The molecule has 1 saturated heterocycles. The van der Waals surface area contributed by atoms with Gasteiger partial charge in [0.1, 0.15) is 12.4 Å². The van der Waals surface area contributed by atoms with E-state index in [1.165, 1.54) is 16.8 Å². The predicted octanol–water partition coefficient (Wildman–Crippen LogP) is 3.33. The highest BCUT2D eigenvalue weighted by Gasteiger charge is 2.18. The third-order valence-corrected chi connectivity index (χ3v) is 5.97. The SMILES string of the molecule is c1ccc2c(c1)CCN2CCOc1ccc(CC2CNCS2)cc1. The molecule has 1 N–H and O–H groups in total. The monoisotopic (exact) mass is 340 g/mol. The van der Waals surface area contributed by atoms with Crippen molar-refractivity contribution in [3.05, 3.63) is 59.7 Å². The summed E-state index contributed by atoms with van der Waals surface area (Å²) < 4.78 is 5.95. The minimum absolute atomic E-state index is 0.715. The van der Waals surface area contributed by atoms with Crippen molar-refractivity contribution in [2.24, 2.45) is 0 Å². The molecule has 3 nitrogen and oxygen atoms in total. The van der Waals surface area contributed by atoms with E-state index in [1.807, 2.05) is 11.8 Å². The minimum Gasteiger partial charge on any atom is -0.492 e. The first-order valence-electron chi connectivity index (χ1n) is 8.75. The smallest absolute Gasteiger partial charge is 0.119 e. The molecule has 2 aliphatic heterocycles. The average Bonchev–Trinajstić information content (AvgIpc) is 3.27. The normalized spacial score (nSPS) is 19.5. The molecule has 2 heterocycles. The van der Waals surface area contributed by atoms with Crippen LogP contribution in [-0.4, -0.2) is 37.4 Å². The van der Waals surface area contributed by atoms with Gasteiger partial charge in [-0.15, -0.1) is 11.8 Å². The average molecular weight is 340 g/mol. The van der Waals surface area contributed by atoms with E-state index >= 15 is 0 Å². The fraction of sp³-hybridized carbons (Fsp3) is 0.400. The largest absolute Gasteiger partial charge is 0.492 e. The van der Waals surface area contributed by atoms with Crippen LogP contribution in [0.1, 0.15) is 11.1 Å². The number of hydrogen-bond acceptors (Lipinski definition) is 4. The van der Waals surface area contributed by atoms with Crippen molar-refractivity contribution in [1.29, 1.82) is 0 Å². The first kappa shape index (κ1) is 15.9. The Morgan fingerprint density at radius 1 is 1.12 bits per heavy atom. The maximum Gasteiger partial charge on any atom is 0.119 e. The topological polar surface area (TPSA) is 24.5 Å². The van der Waals surface area contributed by atoms with Crippen LogP contribution in [0.25, 0.3) is 0 Å². The van der Waals surface area contributed by atoms with Gasteiger partial charge in [-0.1, -0.05) is 30.3 Å². The zero-order valence-electron chi connectivity index (χ0n) is 13.9. The second-order valence-electron chi connectivity index (χ2n) is 6.45. The van der Waals surface area contributed by atoms with Crippen molar-refractivity contribution in [1.82, 2.24) is 5.32 Å². The van der Waals surface area contributed by atoms with E-state index in [1.54, 1.807) is 0 Å². The van der Waals surface area contributed by atoms with E-state index < -0.39 is 0 Å². The van der Waals surface area contributed by atoms with E-state index in [2.05, 4.69) is 58.7 Å². The van der Waals surface area contributed by atoms with Crippen LogP contribution in [0.5, 0.6) is 5.75 Å². The summed E-state index contributed by atoms with van der Waals surface area (Å²) in [5.74, 6) is 2.06. The van der Waals surface area contributed by atoms with Gasteiger partial charge in [0.15, 0.2) is 0 Å². The van der Waals surface area contributed by atoms with E-state index in [9.17, 15) is 0 Å². The van der Waals surface area contributed by atoms with Crippen molar-refractivity contribution in [3.8, 4) is 5.75 Å². The van der Waals surface area contributed by atoms with Gasteiger partial charge in [0.25, 0.3) is 0 Å². The van der Waals surface area contributed by atoms with Gasteiger partial charge in [-0.05, 0) is 42.2 Å². The van der Waals surface area contributed by atoms with Crippen LogP contribution in [0.15, 0.2) is 48.5 Å². The highest BCUT2D eigenvalue weighted by Crippen LogP contribution is 2.27. The molecule has 1 fully saturated rings. The molecule has 24 heavy (non-hydrogen) atoms. The lowest BCUT2D eigenvalue weighted by Gasteiger charge is -2.19. The fourth-order valence-corrected chi connectivity index (χ4v) is 4.50. The maximum absolute atomic E-state index is 5.95. The van der Waals surface area contributed by atoms with Gasteiger partial charge in [-0.25, -0.2) is 0 Å². The molecule has 2 aliphatic rings. The lowest BCUT2D eigenvalue weighted by atomic mass is 10.1. The molecule has 0 amide bonds. The zero-order valence-corrected chi connectivity index (χ0v) is 14.7. The summed E-state index contributed by atoms with van der Waals surface area (Å²) in [6, 6.07) is 17.3. The van der Waals surface area contributed by atoms with Gasteiger partial charge >= 0.3 is 0 Å². The minimum atomic E-state index is 0.715. The van der Waals surface area contributed by atoms with Crippen molar-refractivity contribution >= 4 is 17.4 Å². The molecule has 0 spiro atoms. The van der Waals surface area contributed by atoms with Gasteiger partial charge in [-0.2, -0.15) is 0 Å². The Morgan fingerprint density at radius 2 is 2.00 bits per heavy atom. The lowest BCUT2D eigenvalue weighted by molar-refractivity contribution is 0.324. The maximum atomic E-state index is 5.95. The highest BCUT2D eigenvalue weighted by molar-refractivity contribution is 8.00. The number of para-hydroxylation sites is 1. The van der Waals surface area contributed by atoms with Crippen molar-refractivity contribution in [2.45, 2.75) is 18.1 Å². The van der Waals surface area contributed by atoms with Crippen LogP contribution >= 0.6 is 11.8 Å². The van der Waals surface area contributed by atoms with Crippen LogP contribution in [0.2, 0.25) is 0 Å². The number of nitrogens with one attached hydrogen (secondary N) is 1. The third-order valence-electron chi connectivity index (χ3n) is 4.79.